The third-order valence-corrected chi connectivity index (χ3v) is 14.2. The second-order valence-electron chi connectivity index (χ2n) is 19.4. The number of allylic oxidation sites excluding steroid dienone is 6. The molecular formula is C50H77NO13. The maximum absolute atomic E-state index is 14.3. The summed E-state index contributed by atoms with van der Waals surface area (Å²) in [4.78, 5) is 71.4. The predicted molar refractivity (Wildman–Crippen MR) is 240 cm³/mol. The van der Waals surface area contributed by atoms with E-state index in [1.807, 2.05) is 32.1 Å². The van der Waals surface area contributed by atoms with Crippen molar-refractivity contribution < 1.29 is 63.3 Å². The number of cyclic esters (lactones) is 1. The smallest absolute Gasteiger partial charge is 0.329 e. The first-order valence-electron chi connectivity index (χ1n) is 23.5. The van der Waals surface area contributed by atoms with Crippen LogP contribution in [0.2, 0.25) is 0 Å². The molecule has 1 amide bonds. The number of aliphatic hydroxyl groups is 4. The fraction of sp³-hybridized carbons (Fsp3) is 0.740. The lowest BCUT2D eigenvalue weighted by atomic mass is 9.78. The van der Waals surface area contributed by atoms with E-state index in [-0.39, 0.29) is 61.2 Å². The number of piperidine rings is 1. The van der Waals surface area contributed by atoms with Crippen LogP contribution in [0.25, 0.3) is 0 Å². The van der Waals surface area contributed by atoms with E-state index >= 15 is 0 Å². The van der Waals surface area contributed by atoms with Crippen molar-refractivity contribution in [3.05, 3.63) is 47.6 Å². The number of fused-ring (bicyclic) bond motifs is 3. The van der Waals surface area contributed by atoms with Gasteiger partial charge in [0.1, 0.15) is 30.1 Å². The summed E-state index contributed by atoms with van der Waals surface area (Å²) in [5.74, 6) is -8.24. The van der Waals surface area contributed by atoms with Gasteiger partial charge in [0.2, 0.25) is 5.79 Å². The fourth-order valence-electron chi connectivity index (χ4n) is 9.85. The number of Topliss-reactive ketones (excluding diaryl/α,β-unsaturated/α-hetero) is 3. The minimum atomic E-state index is -2.48. The van der Waals surface area contributed by atoms with Crippen LogP contribution in [0.3, 0.4) is 0 Å². The van der Waals surface area contributed by atoms with Crippen LogP contribution in [0.1, 0.15) is 126 Å². The Bertz CT molecular complexity index is 1740. The summed E-state index contributed by atoms with van der Waals surface area (Å²) in [5, 5.41) is 44.8. The molecular weight excluding hydrogens is 823 g/mol. The number of methoxy groups -OCH3 is 2. The molecule has 3 aliphatic heterocycles. The Labute approximate surface area is 380 Å². The van der Waals surface area contributed by atoms with Crippen molar-refractivity contribution in [2.45, 2.75) is 180 Å². The van der Waals surface area contributed by atoms with Crippen LogP contribution >= 0.6 is 0 Å². The molecule has 0 aromatic heterocycles. The lowest BCUT2D eigenvalue weighted by Gasteiger charge is -2.42. The molecule has 64 heavy (non-hydrogen) atoms. The van der Waals surface area contributed by atoms with Gasteiger partial charge in [0.25, 0.3) is 11.7 Å². The summed E-state index contributed by atoms with van der Waals surface area (Å²) in [6, 6.07) is -1.16. The van der Waals surface area contributed by atoms with Crippen molar-refractivity contribution in [2.75, 3.05) is 20.8 Å². The molecule has 2 saturated heterocycles. The van der Waals surface area contributed by atoms with Crippen LogP contribution < -0.4 is 0 Å². The van der Waals surface area contributed by atoms with Gasteiger partial charge in [-0.1, -0.05) is 71.1 Å². The summed E-state index contributed by atoms with van der Waals surface area (Å²) in [6.45, 7) is 12.5. The summed E-state index contributed by atoms with van der Waals surface area (Å²) in [7, 11) is 2.93. The van der Waals surface area contributed by atoms with Crippen LogP contribution in [-0.2, 0) is 42.9 Å². The van der Waals surface area contributed by atoms with Crippen molar-refractivity contribution in [2.24, 2.45) is 35.5 Å². The third-order valence-electron chi connectivity index (χ3n) is 14.2. The molecule has 14 heteroatoms. The molecule has 4 aliphatic rings. The number of amides is 1. The molecule has 360 valence electrons. The molecule has 0 spiro atoms. The lowest BCUT2D eigenvalue weighted by molar-refractivity contribution is -0.265. The number of nitrogens with zero attached hydrogens (tertiary/aromatic N) is 1. The van der Waals surface area contributed by atoms with Gasteiger partial charge in [0, 0.05) is 51.4 Å². The minimum absolute atomic E-state index is 0.00489. The topological polar surface area (TPSA) is 206 Å². The Morgan fingerprint density at radius 3 is 2.27 bits per heavy atom. The number of hydrogen-bond donors (Lipinski definition) is 4. The van der Waals surface area contributed by atoms with E-state index in [0.29, 0.717) is 68.9 Å². The maximum Gasteiger partial charge on any atom is 0.329 e. The van der Waals surface area contributed by atoms with Gasteiger partial charge >= 0.3 is 5.97 Å². The number of ketones is 3. The highest BCUT2D eigenvalue weighted by Crippen LogP contribution is 2.37. The standard InChI is InChI=1S/C50H77NO13/c1-29-15-11-10-12-16-30(2)40(53)27-37-20-18-35(7)50(60,64-37)47(57)48(58)51-22-14-13-17-38(51)49(59)63-42(32(4)25-36-19-21-39(52)43(26-36)61-8)28-41(54)31(3)24-34(6)45(56)46(62-9)44(55)33(5)23-29/h10-12,15-16,24,29,31-33,35-40,42-43,45-46,52-53,56,60H,13-14,17-23,25-28H2,1-9H3/b12-10+,15-11+,30-16-,34-24+. The molecule has 15 atom stereocenters. The van der Waals surface area contributed by atoms with E-state index in [2.05, 4.69) is 0 Å². The number of carbonyl (C=O) groups excluding carboxylic acids is 5. The fourth-order valence-corrected chi connectivity index (χ4v) is 9.85. The van der Waals surface area contributed by atoms with Gasteiger partial charge in [-0.25, -0.2) is 4.79 Å². The van der Waals surface area contributed by atoms with Crippen LogP contribution in [0.4, 0.5) is 0 Å². The van der Waals surface area contributed by atoms with Gasteiger partial charge in [-0.15, -0.1) is 0 Å². The van der Waals surface area contributed by atoms with Crippen molar-refractivity contribution in [1.82, 2.24) is 4.90 Å². The normalized spacial score (nSPS) is 40.9. The number of carbonyl (C=O) groups is 5. The first kappa shape index (κ1) is 53.2. The molecule has 4 rings (SSSR count). The largest absolute Gasteiger partial charge is 0.460 e. The van der Waals surface area contributed by atoms with Crippen molar-refractivity contribution in [1.29, 1.82) is 0 Å². The zero-order chi connectivity index (χ0) is 47.5. The van der Waals surface area contributed by atoms with Gasteiger partial charge in [-0.3, -0.25) is 19.2 Å². The summed E-state index contributed by atoms with van der Waals surface area (Å²) in [5.41, 5.74) is 1.000. The molecule has 1 aliphatic carbocycles. The molecule has 14 nitrogen and oxygen atoms in total. The van der Waals surface area contributed by atoms with E-state index in [9.17, 15) is 44.4 Å². The van der Waals surface area contributed by atoms with Crippen molar-refractivity contribution >= 4 is 29.2 Å². The molecule has 0 aromatic carbocycles. The summed E-state index contributed by atoms with van der Waals surface area (Å²) < 4.78 is 23.3. The molecule has 3 fully saturated rings. The third kappa shape index (κ3) is 13.8. The number of aliphatic hydroxyl groups excluding tert-OH is 3. The van der Waals surface area contributed by atoms with Gasteiger partial charge in [-0.2, -0.15) is 0 Å². The van der Waals surface area contributed by atoms with Crippen LogP contribution in [0.15, 0.2) is 47.6 Å². The van der Waals surface area contributed by atoms with Crippen LogP contribution in [0, 0.1) is 35.5 Å². The van der Waals surface area contributed by atoms with Gasteiger partial charge < -0.3 is 44.3 Å². The zero-order valence-corrected chi connectivity index (χ0v) is 39.6. The number of rotatable bonds is 5. The van der Waals surface area contributed by atoms with Gasteiger partial charge in [0.15, 0.2) is 5.78 Å². The van der Waals surface area contributed by atoms with E-state index in [1.54, 1.807) is 60.0 Å². The number of hydrogen-bond acceptors (Lipinski definition) is 13. The molecule has 0 radical (unpaired) electrons. The molecule has 15 unspecified atom stereocenters. The van der Waals surface area contributed by atoms with Crippen LogP contribution in [-0.4, -0.2) is 130 Å². The van der Waals surface area contributed by atoms with Crippen molar-refractivity contribution in [3.8, 4) is 0 Å². The molecule has 3 heterocycles. The highest BCUT2D eigenvalue weighted by atomic mass is 16.6. The molecule has 1 saturated carbocycles. The zero-order valence-electron chi connectivity index (χ0n) is 39.6. The molecule has 0 aromatic rings. The number of ether oxygens (including phenoxy) is 4. The molecule has 4 N–H and O–H groups in total. The highest BCUT2D eigenvalue weighted by molar-refractivity contribution is 6.39. The van der Waals surface area contributed by atoms with E-state index in [4.69, 9.17) is 18.9 Å². The van der Waals surface area contributed by atoms with Crippen molar-refractivity contribution in [3.63, 3.8) is 0 Å². The predicted octanol–water partition coefficient (Wildman–Crippen LogP) is 5.53. The quantitative estimate of drug-likeness (QED) is 0.153. The lowest BCUT2D eigenvalue weighted by Crippen LogP contribution is -2.61. The Morgan fingerprint density at radius 2 is 1.58 bits per heavy atom. The minimum Gasteiger partial charge on any atom is -0.460 e. The number of esters is 1. The summed E-state index contributed by atoms with van der Waals surface area (Å²) >= 11 is 0. The monoisotopic (exact) mass is 900 g/mol. The average molecular weight is 900 g/mol. The van der Waals surface area contributed by atoms with Crippen LogP contribution in [0.5, 0.6) is 0 Å². The van der Waals surface area contributed by atoms with Gasteiger partial charge in [-0.05, 0) is 107 Å². The summed E-state index contributed by atoms with van der Waals surface area (Å²) in [6.07, 6.45) is 9.53. The van der Waals surface area contributed by atoms with E-state index in [1.165, 1.54) is 7.11 Å². The first-order chi connectivity index (χ1) is 30.2. The Balaban J connectivity index is 1.69. The highest BCUT2D eigenvalue weighted by Gasteiger charge is 2.53. The Hall–Kier alpha value is -3.37. The second kappa shape index (κ2) is 24.4. The Kier molecular flexibility index (Phi) is 20.3. The maximum atomic E-state index is 14.3. The molecule has 2 bridgehead atoms. The first-order valence-corrected chi connectivity index (χ1v) is 23.5. The van der Waals surface area contributed by atoms with E-state index < -0.39 is 83.9 Å². The van der Waals surface area contributed by atoms with E-state index in [0.717, 1.165) is 4.90 Å². The Morgan fingerprint density at radius 1 is 0.859 bits per heavy atom. The second-order valence-corrected chi connectivity index (χ2v) is 19.4. The van der Waals surface area contributed by atoms with Gasteiger partial charge in [0.05, 0.1) is 24.4 Å². The average Bonchev–Trinajstić information content (AvgIpc) is 3.26. The SMILES string of the molecule is COC1CC(CC(C)C2CC(=O)C(C)/C=C(\C)C(O)C(OC)C(=O)C(C)CC(C)/C=C/C=C/C=C(/C)C(O)CC3CCC(C)C(O)(O3)C(=O)C(=O)N3CCCCC3C(=O)O2)CCC1O.